The van der Waals surface area contributed by atoms with Gasteiger partial charge >= 0.3 is 0 Å². The van der Waals surface area contributed by atoms with Crippen LogP contribution in [0.2, 0.25) is 0 Å². The molecule has 1 aromatic rings. The van der Waals surface area contributed by atoms with Crippen LogP contribution in [0.4, 0.5) is 4.39 Å². The molecule has 1 aromatic carbocycles. The van der Waals surface area contributed by atoms with Gasteiger partial charge in [-0.05, 0) is 24.3 Å². The molecule has 1 heterocycles. The average Bonchev–Trinajstić information content (AvgIpc) is 2.50. The van der Waals surface area contributed by atoms with Gasteiger partial charge in [-0.2, -0.15) is 11.8 Å². The molecule has 0 bridgehead atoms. The molecule has 21 heavy (non-hydrogen) atoms. The number of ether oxygens (including phenoxy) is 1. The molecule has 1 saturated heterocycles. The van der Waals surface area contributed by atoms with E-state index in [0.29, 0.717) is 25.3 Å². The van der Waals surface area contributed by atoms with Crippen molar-refractivity contribution >= 4 is 17.7 Å². The van der Waals surface area contributed by atoms with E-state index in [1.807, 2.05) is 11.8 Å². The second-order valence-corrected chi connectivity index (χ2v) is 6.20. The van der Waals surface area contributed by atoms with Gasteiger partial charge in [0.05, 0.1) is 6.54 Å². The van der Waals surface area contributed by atoms with Gasteiger partial charge in [0.2, 0.25) is 5.91 Å². The number of amides is 1. The third kappa shape index (κ3) is 5.55. The molecule has 1 amide bonds. The highest BCUT2D eigenvalue weighted by Crippen LogP contribution is 2.12. The summed E-state index contributed by atoms with van der Waals surface area (Å²) in [5.74, 6) is 2.56. The van der Waals surface area contributed by atoms with Crippen LogP contribution in [0.3, 0.4) is 0 Å². The molecule has 1 aliphatic rings. The third-order valence-electron chi connectivity index (χ3n) is 3.35. The zero-order valence-corrected chi connectivity index (χ0v) is 13.0. The fraction of sp³-hybridized carbons (Fsp3) is 0.533. The Bertz CT molecular complexity index is 449. The van der Waals surface area contributed by atoms with Crippen LogP contribution in [-0.2, 0) is 4.79 Å². The maximum absolute atomic E-state index is 12.7. The fourth-order valence-electron chi connectivity index (χ4n) is 2.07. The normalized spacial score (nSPS) is 18.3. The summed E-state index contributed by atoms with van der Waals surface area (Å²) in [6, 6.07) is 6.16. The van der Waals surface area contributed by atoms with Crippen LogP contribution in [0, 0.1) is 5.82 Å². The molecule has 0 saturated carbocycles. The van der Waals surface area contributed by atoms with Crippen LogP contribution >= 0.6 is 11.8 Å². The molecular formula is C15H21FN2O2S. The van der Waals surface area contributed by atoms with Gasteiger partial charge in [0.1, 0.15) is 18.2 Å². The summed E-state index contributed by atoms with van der Waals surface area (Å²) in [7, 11) is 1.78. The number of benzene rings is 1. The van der Waals surface area contributed by atoms with E-state index in [1.165, 1.54) is 12.1 Å². The van der Waals surface area contributed by atoms with Gasteiger partial charge in [-0.3, -0.25) is 4.79 Å². The minimum Gasteiger partial charge on any atom is -0.492 e. The lowest BCUT2D eigenvalue weighted by molar-refractivity contribution is -0.130. The van der Waals surface area contributed by atoms with E-state index in [9.17, 15) is 9.18 Å². The molecule has 1 unspecified atom stereocenters. The number of nitrogens with one attached hydrogen (secondary N) is 1. The number of thioether (sulfide) groups is 1. The van der Waals surface area contributed by atoms with Crippen molar-refractivity contribution in [1.82, 2.24) is 10.2 Å². The molecule has 6 heteroatoms. The predicted octanol–water partition coefficient (Wildman–Crippen LogP) is 1.76. The Balaban J connectivity index is 1.67. The van der Waals surface area contributed by atoms with Gasteiger partial charge in [0.15, 0.2) is 0 Å². The molecular weight excluding hydrogens is 291 g/mol. The number of halogens is 1. The molecule has 0 radical (unpaired) electrons. The van der Waals surface area contributed by atoms with E-state index in [2.05, 4.69) is 5.32 Å². The van der Waals surface area contributed by atoms with Crippen LogP contribution in [0.25, 0.3) is 0 Å². The average molecular weight is 312 g/mol. The van der Waals surface area contributed by atoms with Gasteiger partial charge in [-0.25, -0.2) is 4.39 Å². The summed E-state index contributed by atoms with van der Waals surface area (Å²) in [5, 5.41) is 3.36. The predicted molar refractivity (Wildman–Crippen MR) is 83.3 cm³/mol. The van der Waals surface area contributed by atoms with Gasteiger partial charge < -0.3 is 15.0 Å². The number of nitrogens with zero attached hydrogens (tertiary/aromatic N) is 1. The van der Waals surface area contributed by atoms with Crippen LogP contribution in [0.15, 0.2) is 24.3 Å². The topological polar surface area (TPSA) is 41.6 Å². The number of carbonyl (C=O) groups excluding carboxylic acids is 1. The van der Waals surface area contributed by atoms with Crippen molar-refractivity contribution in [3.05, 3.63) is 30.1 Å². The number of likely N-dealkylation sites (N-methyl/N-ethyl adjacent to an activating group) is 1. The van der Waals surface area contributed by atoms with Gasteiger partial charge in [0, 0.05) is 37.6 Å². The maximum Gasteiger partial charge on any atom is 0.224 e. The summed E-state index contributed by atoms with van der Waals surface area (Å²) >= 11 is 1.88. The number of carbonyl (C=O) groups is 1. The fourth-order valence-corrected chi connectivity index (χ4v) is 3.02. The van der Waals surface area contributed by atoms with E-state index in [0.717, 1.165) is 18.1 Å². The number of rotatable bonds is 6. The molecule has 0 aliphatic carbocycles. The Kier molecular flexibility index (Phi) is 6.32. The van der Waals surface area contributed by atoms with E-state index < -0.39 is 0 Å². The first-order valence-corrected chi connectivity index (χ1v) is 8.24. The number of hydrogen-bond acceptors (Lipinski definition) is 4. The summed E-state index contributed by atoms with van der Waals surface area (Å²) in [6.45, 7) is 1.90. The second-order valence-electron chi connectivity index (χ2n) is 5.05. The van der Waals surface area contributed by atoms with Crippen LogP contribution in [0.5, 0.6) is 5.75 Å². The smallest absolute Gasteiger partial charge is 0.224 e. The van der Waals surface area contributed by atoms with Gasteiger partial charge in [-0.15, -0.1) is 0 Å². The summed E-state index contributed by atoms with van der Waals surface area (Å²) in [6.07, 6.45) is 0.528. The minimum absolute atomic E-state index is 0.123. The van der Waals surface area contributed by atoms with E-state index >= 15 is 0 Å². The largest absolute Gasteiger partial charge is 0.492 e. The monoisotopic (exact) mass is 312 g/mol. The zero-order chi connectivity index (χ0) is 15.1. The summed E-state index contributed by atoms with van der Waals surface area (Å²) in [5.41, 5.74) is 0. The maximum atomic E-state index is 12.7. The van der Waals surface area contributed by atoms with E-state index in [4.69, 9.17) is 4.74 Å². The quantitative estimate of drug-likeness (QED) is 0.869. The number of hydrogen-bond donors (Lipinski definition) is 1. The Morgan fingerprint density at radius 1 is 1.48 bits per heavy atom. The van der Waals surface area contributed by atoms with Crippen molar-refractivity contribution in [3.8, 4) is 5.75 Å². The first kappa shape index (κ1) is 16.1. The third-order valence-corrected chi connectivity index (χ3v) is 4.49. The Hall–Kier alpha value is -1.27. The highest BCUT2D eigenvalue weighted by molar-refractivity contribution is 7.99. The molecule has 116 valence electrons. The van der Waals surface area contributed by atoms with Crippen molar-refractivity contribution in [2.45, 2.75) is 12.5 Å². The standard InChI is InChI=1S/C15H21FN2O2S/c1-18(15(19)10-13-11-21-9-6-17-13)7-8-20-14-4-2-12(16)3-5-14/h2-5,13,17H,6-11H2,1H3. The zero-order valence-electron chi connectivity index (χ0n) is 12.2. The lowest BCUT2D eigenvalue weighted by Gasteiger charge is -2.25. The van der Waals surface area contributed by atoms with Crippen LogP contribution < -0.4 is 10.1 Å². The molecule has 4 nitrogen and oxygen atoms in total. The van der Waals surface area contributed by atoms with Gasteiger partial charge in [-0.1, -0.05) is 0 Å². The second kappa shape index (κ2) is 8.24. The Labute approximate surface area is 129 Å². The van der Waals surface area contributed by atoms with Crippen LogP contribution in [0.1, 0.15) is 6.42 Å². The van der Waals surface area contributed by atoms with Crippen molar-refractivity contribution in [3.63, 3.8) is 0 Å². The van der Waals surface area contributed by atoms with Crippen molar-refractivity contribution in [2.75, 3.05) is 38.2 Å². The summed E-state index contributed by atoms with van der Waals surface area (Å²) in [4.78, 5) is 13.8. The van der Waals surface area contributed by atoms with E-state index in [1.54, 1.807) is 24.1 Å². The van der Waals surface area contributed by atoms with Crippen molar-refractivity contribution in [1.29, 1.82) is 0 Å². The Morgan fingerprint density at radius 2 is 2.24 bits per heavy atom. The lowest BCUT2D eigenvalue weighted by atomic mass is 10.2. The minimum atomic E-state index is -0.285. The first-order valence-electron chi connectivity index (χ1n) is 7.08. The van der Waals surface area contributed by atoms with Crippen LogP contribution in [-0.4, -0.2) is 55.1 Å². The highest BCUT2D eigenvalue weighted by atomic mass is 32.2. The first-order chi connectivity index (χ1) is 10.1. The van der Waals surface area contributed by atoms with Crippen molar-refractivity contribution in [2.24, 2.45) is 0 Å². The Morgan fingerprint density at radius 3 is 2.90 bits per heavy atom. The molecule has 2 rings (SSSR count). The van der Waals surface area contributed by atoms with Gasteiger partial charge in [0.25, 0.3) is 0 Å². The summed E-state index contributed by atoms with van der Waals surface area (Å²) < 4.78 is 18.2. The van der Waals surface area contributed by atoms with Crippen molar-refractivity contribution < 1.29 is 13.9 Å². The molecule has 0 spiro atoms. The SMILES string of the molecule is CN(CCOc1ccc(F)cc1)C(=O)CC1CSCCN1. The molecule has 1 N–H and O–H groups in total. The highest BCUT2D eigenvalue weighted by Gasteiger charge is 2.18. The molecule has 1 aliphatic heterocycles. The molecule has 0 aromatic heterocycles. The molecule has 1 atom stereocenters. The lowest BCUT2D eigenvalue weighted by Crippen LogP contribution is -2.42. The van der Waals surface area contributed by atoms with E-state index in [-0.39, 0.29) is 17.8 Å². The molecule has 1 fully saturated rings.